The second-order valence-electron chi connectivity index (χ2n) is 6.18. The number of nitrogens with two attached hydrogens (primary N) is 1. The summed E-state index contributed by atoms with van der Waals surface area (Å²) >= 11 is 1.62. The van der Waals surface area contributed by atoms with Gasteiger partial charge in [-0.05, 0) is 47.5 Å². The topological polar surface area (TPSA) is 81.3 Å². The van der Waals surface area contributed by atoms with Gasteiger partial charge >= 0.3 is 0 Å². The molecule has 0 aliphatic rings. The summed E-state index contributed by atoms with van der Waals surface area (Å²) in [6, 6.07) is 11.3. The first-order valence-electron chi connectivity index (χ1n) is 8.57. The molecule has 0 saturated carbocycles. The molecule has 0 aliphatic carbocycles. The smallest absolute Gasteiger partial charge is 0.254 e. The van der Waals surface area contributed by atoms with Crippen molar-refractivity contribution in [3.63, 3.8) is 0 Å². The third kappa shape index (κ3) is 4.90. The van der Waals surface area contributed by atoms with Crippen LogP contribution in [-0.4, -0.2) is 41.0 Å². The van der Waals surface area contributed by atoms with E-state index < -0.39 is 0 Å². The van der Waals surface area contributed by atoms with Crippen LogP contribution < -0.4 is 5.73 Å². The minimum absolute atomic E-state index is 0.0427. The van der Waals surface area contributed by atoms with Gasteiger partial charge in [0.05, 0.1) is 12.3 Å². The molecule has 3 rings (SSSR count). The van der Waals surface area contributed by atoms with Crippen molar-refractivity contribution in [2.75, 3.05) is 26.0 Å². The number of hydrogen-bond donors (Lipinski definition) is 1. The number of nitrogens with zero attached hydrogens (tertiary/aromatic N) is 3. The zero-order valence-corrected chi connectivity index (χ0v) is 16.2. The molecule has 6 nitrogen and oxygen atoms in total. The molecule has 2 aromatic heterocycles. The molecular formula is C20H22N4O2S. The second kappa shape index (κ2) is 8.75. The third-order valence-electron chi connectivity index (χ3n) is 4.08. The van der Waals surface area contributed by atoms with E-state index in [4.69, 9.17) is 10.5 Å². The zero-order chi connectivity index (χ0) is 19.2. The van der Waals surface area contributed by atoms with Crippen LogP contribution in [0.2, 0.25) is 0 Å². The maximum absolute atomic E-state index is 13.1. The van der Waals surface area contributed by atoms with Crippen molar-refractivity contribution in [1.29, 1.82) is 0 Å². The number of anilines is 1. The lowest BCUT2D eigenvalue weighted by Gasteiger charge is -2.22. The fourth-order valence-corrected chi connectivity index (χ4v) is 3.45. The van der Waals surface area contributed by atoms with Gasteiger partial charge in [0.2, 0.25) is 5.95 Å². The number of ether oxygens (including phenoxy) is 1. The van der Waals surface area contributed by atoms with Crippen LogP contribution in [0.1, 0.15) is 21.6 Å². The number of carbonyl (C=O) groups is 1. The van der Waals surface area contributed by atoms with Gasteiger partial charge in [0.1, 0.15) is 0 Å². The number of methoxy groups -OCH3 is 1. The Balaban J connectivity index is 1.87. The number of benzene rings is 1. The number of aromatic nitrogens is 2. The van der Waals surface area contributed by atoms with E-state index in [2.05, 4.69) is 15.3 Å². The lowest BCUT2D eigenvalue weighted by Crippen LogP contribution is -2.33. The van der Waals surface area contributed by atoms with E-state index in [-0.39, 0.29) is 11.9 Å². The lowest BCUT2D eigenvalue weighted by molar-refractivity contribution is 0.0680. The molecule has 0 unspecified atom stereocenters. The Bertz CT molecular complexity index is 892. The van der Waals surface area contributed by atoms with Crippen LogP contribution in [0.3, 0.4) is 0 Å². The zero-order valence-electron chi connectivity index (χ0n) is 15.4. The van der Waals surface area contributed by atoms with Crippen LogP contribution in [0.15, 0.2) is 47.2 Å². The first-order chi connectivity index (χ1) is 13.1. The molecule has 0 saturated heterocycles. The maximum atomic E-state index is 13.1. The molecule has 0 aliphatic heterocycles. The Morgan fingerprint density at radius 1 is 1.26 bits per heavy atom. The minimum atomic E-state index is -0.0427. The van der Waals surface area contributed by atoms with Crippen LogP contribution in [-0.2, 0) is 11.3 Å². The highest BCUT2D eigenvalue weighted by Gasteiger charge is 2.17. The molecule has 1 amide bonds. The van der Waals surface area contributed by atoms with E-state index in [0.717, 1.165) is 16.8 Å². The largest absolute Gasteiger partial charge is 0.383 e. The standard InChI is InChI=1S/C20H22N4O2S/c1-14-10-18(23-20(21)22-14)16-4-3-5-17(11-16)19(25)24(7-8-26-2)12-15-6-9-27-13-15/h3-6,9-11,13H,7-8,12H2,1-2H3,(H2,21,22,23). The summed E-state index contributed by atoms with van der Waals surface area (Å²) in [6.07, 6.45) is 0. The monoisotopic (exact) mass is 382 g/mol. The van der Waals surface area contributed by atoms with E-state index in [1.807, 2.05) is 48.7 Å². The Morgan fingerprint density at radius 3 is 2.81 bits per heavy atom. The van der Waals surface area contributed by atoms with Crippen LogP contribution in [0.25, 0.3) is 11.3 Å². The summed E-state index contributed by atoms with van der Waals surface area (Å²) in [5.74, 6) is 0.180. The molecule has 7 heteroatoms. The maximum Gasteiger partial charge on any atom is 0.254 e. The summed E-state index contributed by atoms with van der Waals surface area (Å²) in [5.41, 5.74) is 9.80. The van der Waals surface area contributed by atoms with Crippen molar-refractivity contribution >= 4 is 23.2 Å². The van der Waals surface area contributed by atoms with Gasteiger partial charge < -0.3 is 15.4 Å². The van der Waals surface area contributed by atoms with Gasteiger partial charge in [0.15, 0.2) is 0 Å². The summed E-state index contributed by atoms with van der Waals surface area (Å²) in [4.78, 5) is 23.3. The van der Waals surface area contributed by atoms with Crippen molar-refractivity contribution in [1.82, 2.24) is 14.9 Å². The van der Waals surface area contributed by atoms with Crippen molar-refractivity contribution in [2.45, 2.75) is 13.5 Å². The molecule has 0 bridgehead atoms. The van der Waals surface area contributed by atoms with Crippen molar-refractivity contribution in [3.05, 3.63) is 64.0 Å². The van der Waals surface area contributed by atoms with Gasteiger partial charge in [0.25, 0.3) is 5.91 Å². The number of aryl methyl sites for hydroxylation is 1. The quantitative estimate of drug-likeness (QED) is 0.677. The van der Waals surface area contributed by atoms with Gasteiger partial charge in [-0.1, -0.05) is 12.1 Å². The fourth-order valence-electron chi connectivity index (χ4n) is 2.79. The van der Waals surface area contributed by atoms with Gasteiger partial charge in [-0.25, -0.2) is 9.97 Å². The Morgan fingerprint density at radius 2 is 2.11 bits per heavy atom. The van der Waals surface area contributed by atoms with E-state index >= 15 is 0 Å². The summed E-state index contributed by atoms with van der Waals surface area (Å²) in [5, 5.41) is 4.06. The predicted molar refractivity (Wildman–Crippen MR) is 108 cm³/mol. The first kappa shape index (κ1) is 19.0. The summed E-state index contributed by atoms with van der Waals surface area (Å²) < 4.78 is 5.17. The number of nitrogen functional groups attached to an aromatic ring is 1. The average molecular weight is 382 g/mol. The number of thiophene rings is 1. The molecule has 3 aromatic rings. The van der Waals surface area contributed by atoms with Gasteiger partial charge in [-0.15, -0.1) is 0 Å². The normalized spacial score (nSPS) is 10.7. The Kier molecular flexibility index (Phi) is 6.16. The van der Waals surface area contributed by atoms with Crippen molar-refractivity contribution < 1.29 is 9.53 Å². The SMILES string of the molecule is COCCN(Cc1ccsc1)C(=O)c1cccc(-c2cc(C)nc(N)n2)c1. The van der Waals surface area contributed by atoms with Gasteiger partial charge in [-0.2, -0.15) is 11.3 Å². The lowest BCUT2D eigenvalue weighted by atomic mass is 10.1. The van der Waals surface area contributed by atoms with Crippen LogP contribution in [0.5, 0.6) is 0 Å². The van der Waals surface area contributed by atoms with E-state index in [1.54, 1.807) is 23.3 Å². The molecule has 2 heterocycles. The first-order valence-corrected chi connectivity index (χ1v) is 9.52. The number of amides is 1. The number of carbonyl (C=O) groups excluding carboxylic acids is 1. The second-order valence-corrected chi connectivity index (χ2v) is 6.96. The van der Waals surface area contributed by atoms with Crippen LogP contribution >= 0.6 is 11.3 Å². The van der Waals surface area contributed by atoms with Crippen molar-refractivity contribution in [2.24, 2.45) is 0 Å². The average Bonchev–Trinajstić information content (AvgIpc) is 3.17. The fraction of sp³-hybridized carbons (Fsp3) is 0.250. The highest BCUT2D eigenvalue weighted by molar-refractivity contribution is 7.07. The number of hydrogen-bond acceptors (Lipinski definition) is 6. The molecular weight excluding hydrogens is 360 g/mol. The molecule has 1 aromatic carbocycles. The Hall–Kier alpha value is -2.77. The molecule has 140 valence electrons. The molecule has 0 fully saturated rings. The predicted octanol–water partition coefficient (Wildman–Crippen LogP) is 3.38. The highest BCUT2D eigenvalue weighted by atomic mass is 32.1. The molecule has 0 atom stereocenters. The van der Waals surface area contributed by atoms with E-state index in [9.17, 15) is 4.79 Å². The molecule has 27 heavy (non-hydrogen) atoms. The van der Waals surface area contributed by atoms with E-state index in [1.165, 1.54) is 0 Å². The minimum Gasteiger partial charge on any atom is -0.383 e. The summed E-state index contributed by atoms with van der Waals surface area (Å²) in [7, 11) is 1.63. The van der Waals surface area contributed by atoms with Crippen LogP contribution in [0, 0.1) is 6.92 Å². The Labute approximate surface area is 162 Å². The highest BCUT2D eigenvalue weighted by Crippen LogP contribution is 2.21. The third-order valence-corrected chi connectivity index (χ3v) is 4.81. The molecule has 2 N–H and O–H groups in total. The number of rotatable bonds is 7. The molecule has 0 radical (unpaired) electrons. The van der Waals surface area contributed by atoms with Gasteiger partial charge in [-0.3, -0.25) is 4.79 Å². The van der Waals surface area contributed by atoms with Crippen LogP contribution in [0.4, 0.5) is 5.95 Å². The summed E-state index contributed by atoms with van der Waals surface area (Å²) in [6.45, 7) is 3.42. The van der Waals surface area contributed by atoms with E-state index in [0.29, 0.717) is 31.0 Å². The van der Waals surface area contributed by atoms with Gasteiger partial charge in [0, 0.05) is 37.0 Å². The molecule has 0 spiro atoms. The van der Waals surface area contributed by atoms with Crippen molar-refractivity contribution in [3.8, 4) is 11.3 Å².